The number of halogens is 1. The summed E-state index contributed by atoms with van der Waals surface area (Å²) in [4.78, 5) is 25.6. The third-order valence-corrected chi connectivity index (χ3v) is 4.71. The summed E-state index contributed by atoms with van der Waals surface area (Å²) >= 11 is 6.01. The number of nitrogens with one attached hydrogen (secondary N) is 1. The predicted octanol–water partition coefficient (Wildman–Crippen LogP) is 2.83. The van der Waals surface area contributed by atoms with E-state index in [1.165, 1.54) is 6.33 Å². The molecule has 1 aliphatic heterocycles. The Hall–Kier alpha value is -2.18. The number of carbonyl (C=O) groups is 1. The normalized spacial score (nSPS) is 15.2. The van der Waals surface area contributed by atoms with Gasteiger partial charge in [-0.3, -0.25) is 4.79 Å². The first-order valence-electron chi connectivity index (χ1n) is 8.43. The van der Waals surface area contributed by atoms with Gasteiger partial charge in [0.25, 0.3) is 5.91 Å². The molecule has 132 valence electrons. The maximum atomic E-state index is 12.5. The topological polar surface area (TPSA) is 61.4 Å². The van der Waals surface area contributed by atoms with Crippen molar-refractivity contribution >= 4 is 29.0 Å². The Morgan fingerprint density at radius 2 is 1.96 bits per heavy atom. The Morgan fingerprint density at radius 3 is 2.68 bits per heavy atom. The second-order valence-electron chi connectivity index (χ2n) is 6.10. The summed E-state index contributed by atoms with van der Waals surface area (Å²) in [5.41, 5.74) is 1.99. The largest absolute Gasteiger partial charge is 0.354 e. The van der Waals surface area contributed by atoms with E-state index in [2.05, 4.69) is 32.0 Å². The van der Waals surface area contributed by atoms with E-state index in [4.69, 9.17) is 11.6 Å². The predicted molar refractivity (Wildman–Crippen MR) is 101 cm³/mol. The van der Waals surface area contributed by atoms with Crippen molar-refractivity contribution in [1.82, 2.24) is 14.9 Å². The lowest BCUT2D eigenvalue weighted by molar-refractivity contribution is 0.102. The van der Waals surface area contributed by atoms with E-state index in [0.717, 1.165) is 44.1 Å². The van der Waals surface area contributed by atoms with Crippen LogP contribution in [0.4, 0.5) is 11.5 Å². The lowest BCUT2D eigenvalue weighted by Crippen LogP contribution is -2.46. The number of amides is 1. The van der Waals surface area contributed by atoms with Crippen LogP contribution in [0, 0.1) is 6.92 Å². The van der Waals surface area contributed by atoms with Crippen molar-refractivity contribution < 1.29 is 4.79 Å². The molecule has 2 heterocycles. The van der Waals surface area contributed by atoms with Gasteiger partial charge in [0.15, 0.2) is 0 Å². The molecule has 0 bridgehead atoms. The number of rotatable bonds is 4. The van der Waals surface area contributed by atoms with Gasteiger partial charge >= 0.3 is 0 Å². The van der Waals surface area contributed by atoms with Gasteiger partial charge in [-0.1, -0.05) is 24.6 Å². The molecule has 0 saturated carbocycles. The lowest BCUT2D eigenvalue weighted by Gasteiger charge is -2.34. The molecule has 25 heavy (non-hydrogen) atoms. The number of likely N-dealkylation sites (N-methyl/N-ethyl adjacent to an activating group) is 1. The highest BCUT2D eigenvalue weighted by Gasteiger charge is 2.18. The highest BCUT2D eigenvalue weighted by molar-refractivity contribution is 6.31. The average molecular weight is 360 g/mol. The number of nitrogens with zero attached hydrogens (tertiary/aromatic N) is 4. The van der Waals surface area contributed by atoms with Crippen molar-refractivity contribution in [1.29, 1.82) is 0 Å². The van der Waals surface area contributed by atoms with Crippen LogP contribution in [-0.4, -0.2) is 53.5 Å². The smallest absolute Gasteiger partial charge is 0.274 e. The lowest BCUT2D eigenvalue weighted by atomic mass is 10.2. The van der Waals surface area contributed by atoms with E-state index in [1.54, 1.807) is 18.2 Å². The molecule has 2 aromatic rings. The molecule has 0 unspecified atom stereocenters. The van der Waals surface area contributed by atoms with E-state index in [0.29, 0.717) is 16.4 Å². The van der Waals surface area contributed by atoms with Crippen LogP contribution in [0.2, 0.25) is 5.02 Å². The van der Waals surface area contributed by atoms with Gasteiger partial charge in [-0.15, -0.1) is 0 Å². The maximum absolute atomic E-state index is 12.5. The summed E-state index contributed by atoms with van der Waals surface area (Å²) in [5, 5.41) is 3.45. The molecule has 1 aromatic heterocycles. The zero-order valence-electron chi connectivity index (χ0n) is 14.5. The van der Waals surface area contributed by atoms with Gasteiger partial charge in [-0.2, -0.15) is 0 Å². The van der Waals surface area contributed by atoms with Gasteiger partial charge in [0.2, 0.25) is 0 Å². The summed E-state index contributed by atoms with van der Waals surface area (Å²) < 4.78 is 0. The van der Waals surface area contributed by atoms with Gasteiger partial charge in [0.05, 0.1) is 0 Å². The van der Waals surface area contributed by atoms with E-state index >= 15 is 0 Å². The molecule has 1 aromatic carbocycles. The summed E-state index contributed by atoms with van der Waals surface area (Å²) in [7, 11) is 0. The standard InChI is InChI=1S/C18H22ClN5O/c1-3-23-6-8-24(9-7-23)17-11-16(20-12-21-17)18(25)22-15-10-14(19)5-4-13(15)2/h4-5,10-12H,3,6-9H2,1-2H3,(H,22,25). The van der Waals surface area contributed by atoms with Gasteiger partial charge in [0, 0.05) is 43.0 Å². The van der Waals surface area contributed by atoms with Crippen LogP contribution in [0.25, 0.3) is 0 Å². The van der Waals surface area contributed by atoms with E-state index in [1.807, 2.05) is 13.0 Å². The van der Waals surface area contributed by atoms with Gasteiger partial charge < -0.3 is 15.1 Å². The highest BCUT2D eigenvalue weighted by Crippen LogP contribution is 2.21. The molecule has 1 aliphatic rings. The number of hydrogen-bond donors (Lipinski definition) is 1. The van der Waals surface area contributed by atoms with E-state index < -0.39 is 0 Å². The fraction of sp³-hybridized carbons (Fsp3) is 0.389. The Kier molecular flexibility index (Phi) is 5.50. The minimum absolute atomic E-state index is 0.263. The van der Waals surface area contributed by atoms with Crippen LogP contribution in [0.1, 0.15) is 23.0 Å². The zero-order chi connectivity index (χ0) is 17.8. The number of anilines is 2. The quantitative estimate of drug-likeness (QED) is 0.909. The molecule has 1 saturated heterocycles. The average Bonchev–Trinajstić information content (AvgIpc) is 2.65. The molecule has 1 fully saturated rings. The second kappa shape index (κ2) is 7.80. The monoisotopic (exact) mass is 359 g/mol. The fourth-order valence-electron chi connectivity index (χ4n) is 2.85. The third-order valence-electron chi connectivity index (χ3n) is 4.48. The number of hydrogen-bond acceptors (Lipinski definition) is 5. The summed E-state index contributed by atoms with van der Waals surface area (Å²) in [6, 6.07) is 7.15. The van der Waals surface area contributed by atoms with Crippen molar-refractivity contribution in [2.45, 2.75) is 13.8 Å². The molecular weight excluding hydrogens is 338 g/mol. The zero-order valence-corrected chi connectivity index (χ0v) is 15.3. The van der Waals surface area contributed by atoms with Crippen LogP contribution in [0.5, 0.6) is 0 Å². The van der Waals surface area contributed by atoms with Gasteiger partial charge in [-0.25, -0.2) is 9.97 Å². The summed E-state index contributed by atoms with van der Waals surface area (Å²) in [6.45, 7) is 8.96. The van der Waals surface area contributed by atoms with E-state index in [9.17, 15) is 4.79 Å². The molecule has 6 nitrogen and oxygen atoms in total. The van der Waals surface area contributed by atoms with Crippen LogP contribution in [0.15, 0.2) is 30.6 Å². The third kappa shape index (κ3) is 4.27. The molecular formula is C18H22ClN5O. The summed E-state index contributed by atoms with van der Waals surface area (Å²) in [5.74, 6) is 0.528. The number of aryl methyl sites for hydroxylation is 1. The molecule has 0 radical (unpaired) electrons. The Morgan fingerprint density at radius 1 is 1.20 bits per heavy atom. The van der Waals surface area contributed by atoms with Crippen molar-refractivity contribution in [2.24, 2.45) is 0 Å². The molecule has 0 aliphatic carbocycles. The molecule has 1 N–H and O–H groups in total. The van der Waals surface area contributed by atoms with Crippen molar-refractivity contribution in [3.63, 3.8) is 0 Å². The molecule has 7 heteroatoms. The van der Waals surface area contributed by atoms with Crippen molar-refractivity contribution in [2.75, 3.05) is 42.9 Å². The second-order valence-corrected chi connectivity index (χ2v) is 6.53. The maximum Gasteiger partial charge on any atom is 0.274 e. The first kappa shape index (κ1) is 17.6. The molecule has 0 atom stereocenters. The van der Waals surface area contributed by atoms with Gasteiger partial charge in [0.1, 0.15) is 17.8 Å². The first-order valence-corrected chi connectivity index (χ1v) is 8.81. The van der Waals surface area contributed by atoms with Crippen LogP contribution < -0.4 is 10.2 Å². The van der Waals surface area contributed by atoms with Crippen molar-refractivity contribution in [3.8, 4) is 0 Å². The fourth-order valence-corrected chi connectivity index (χ4v) is 3.02. The first-order chi connectivity index (χ1) is 12.1. The molecule has 0 spiro atoms. The minimum Gasteiger partial charge on any atom is -0.354 e. The highest BCUT2D eigenvalue weighted by atomic mass is 35.5. The Labute approximate surface area is 152 Å². The van der Waals surface area contributed by atoms with Crippen molar-refractivity contribution in [3.05, 3.63) is 46.9 Å². The Balaban J connectivity index is 1.72. The van der Waals surface area contributed by atoms with Crippen LogP contribution in [0.3, 0.4) is 0 Å². The summed E-state index contributed by atoms with van der Waals surface area (Å²) in [6.07, 6.45) is 1.45. The van der Waals surface area contributed by atoms with Gasteiger partial charge in [-0.05, 0) is 31.2 Å². The van der Waals surface area contributed by atoms with E-state index in [-0.39, 0.29) is 5.91 Å². The number of benzene rings is 1. The number of carbonyl (C=O) groups excluding carboxylic acids is 1. The Bertz CT molecular complexity index is 759. The van der Waals surface area contributed by atoms with Crippen LogP contribution in [-0.2, 0) is 0 Å². The molecule has 1 amide bonds. The minimum atomic E-state index is -0.263. The number of aromatic nitrogens is 2. The van der Waals surface area contributed by atoms with Crippen LogP contribution >= 0.6 is 11.6 Å². The number of piperazine rings is 1. The SMILES string of the molecule is CCN1CCN(c2cc(C(=O)Nc3cc(Cl)ccc3C)ncn2)CC1. The molecule has 3 rings (SSSR count).